The smallest absolute Gasteiger partial charge is 0.251 e. The summed E-state index contributed by atoms with van der Waals surface area (Å²) >= 11 is 1.66. The number of allylic oxidation sites excluding steroid dienone is 1. The van der Waals surface area contributed by atoms with Crippen LogP contribution in [0.4, 0.5) is 0 Å². The monoisotopic (exact) mass is 486 g/mol. The second-order valence-corrected chi connectivity index (χ2v) is 9.06. The van der Waals surface area contributed by atoms with Gasteiger partial charge in [-0.2, -0.15) is 0 Å². The number of aromatic nitrogens is 1. The summed E-state index contributed by atoms with van der Waals surface area (Å²) in [7, 11) is 3.02. The van der Waals surface area contributed by atoms with Gasteiger partial charge in [-0.1, -0.05) is 30.4 Å². The Bertz CT molecular complexity index is 1450. The van der Waals surface area contributed by atoms with Gasteiger partial charge in [-0.05, 0) is 55.3 Å². The molecule has 0 saturated carbocycles. The van der Waals surface area contributed by atoms with Crippen molar-refractivity contribution in [1.82, 2.24) is 10.3 Å². The topological polar surface area (TPSA) is 77.5 Å². The Morgan fingerprint density at radius 1 is 1.03 bits per heavy atom. The number of hydrogen-bond donors (Lipinski definition) is 1. The summed E-state index contributed by atoms with van der Waals surface area (Å²) in [5.41, 5.74) is 5.17. The number of pyridine rings is 1. The number of carbonyl (C=O) groups is 2. The van der Waals surface area contributed by atoms with Crippen LogP contribution in [0.3, 0.4) is 0 Å². The Labute approximate surface area is 208 Å². The second-order valence-electron chi connectivity index (χ2n) is 8.18. The third-order valence-electron chi connectivity index (χ3n) is 5.73. The number of Topliss-reactive ketones (excluding diaryl/α,β-unsaturated/α-hetero) is 1. The van der Waals surface area contributed by atoms with Crippen LogP contribution in [-0.2, 0) is 0 Å². The molecule has 0 atom stereocenters. The first kappa shape index (κ1) is 24.2. The van der Waals surface area contributed by atoms with Gasteiger partial charge in [0.15, 0.2) is 17.3 Å². The van der Waals surface area contributed by atoms with Gasteiger partial charge < -0.3 is 14.8 Å². The summed E-state index contributed by atoms with van der Waals surface area (Å²) < 4.78 is 11.7. The minimum absolute atomic E-state index is 0.192. The molecule has 4 rings (SSSR count). The van der Waals surface area contributed by atoms with E-state index in [1.807, 2.05) is 19.1 Å². The van der Waals surface area contributed by atoms with E-state index in [9.17, 15) is 9.59 Å². The summed E-state index contributed by atoms with van der Waals surface area (Å²) in [5.74, 6) is 0.267. The van der Waals surface area contributed by atoms with Crippen molar-refractivity contribution in [3.05, 3.63) is 82.9 Å². The van der Waals surface area contributed by atoms with Gasteiger partial charge in [0.2, 0.25) is 0 Å². The standard InChI is InChI=1S/C28H26N2O4S/c1-16(2)19-11-22(21-15-35-27-17(3)7-6-8-20(21)27)30-23(12-19)24(31)14-29-28(32)18-9-10-25(33-4)26(13-18)34-5/h6-13,15H,1,14H2,2-5H3,(H,29,32). The molecule has 0 unspecified atom stereocenters. The fourth-order valence-corrected chi connectivity index (χ4v) is 4.83. The molecule has 35 heavy (non-hydrogen) atoms. The number of hydrogen-bond acceptors (Lipinski definition) is 6. The number of methoxy groups -OCH3 is 2. The van der Waals surface area contributed by atoms with Crippen molar-refractivity contribution in [2.45, 2.75) is 13.8 Å². The minimum Gasteiger partial charge on any atom is -0.493 e. The summed E-state index contributed by atoms with van der Waals surface area (Å²) in [6.07, 6.45) is 0. The van der Waals surface area contributed by atoms with Crippen LogP contribution in [0.2, 0.25) is 0 Å². The molecule has 178 valence electrons. The number of nitrogens with zero attached hydrogens (tertiary/aromatic N) is 1. The summed E-state index contributed by atoms with van der Waals surface area (Å²) in [4.78, 5) is 30.4. The van der Waals surface area contributed by atoms with Crippen molar-refractivity contribution in [1.29, 1.82) is 0 Å². The number of aryl methyl sites for hydroxylation is 1. The van der Waals surface area contributed by atoms with Crippen LogP contribution in [0, 0.1) is 6.92 Å². The molecule has 2 aromatic carbocycles. The number of nitrogens with one attached hydrogen (secondary N) is 1. The van der Waals surface area contributed by atoms with Crippen LogP contribution < -0.4 is 14.8 Å². The van der Waals surface area contributed by atoms with Crippen LogP contribution >= 0.6 is 11.3 Å². The highest BCUT2D eigenvalue weighted by Gasteiger charge is 2.17. The number of ketones is 1. The molecule has 4 aromatic rings. The molecule has 1 amide bonds. The van der Waals surface area contributed by atoms with E-state index in [1.165, 1.54) is 24.5 Å². The minimum atomic E-state index is -0.394. The molecule has 0 fully saturated rings. The number of ether oxygens (including phenoxy) is 2. The van der Waals surface area contributed by atoms with Crippen molar-refractivity contribution in [2.24, 2.45) is 0 Å². The zero-order chi connectivity index (χ0) is 25.1. The number of fused-ring (bicyclic) bond motifs is 1. The predicted octanol–water partition coefficient (Wildman–Crippen LogP) is 5.93. The van der Waals surface area contributed by atoms with E-state index in [4.69, 9.17) is 9.47 Å². The average Bonchev–Trinajstić information content (AvgIpc) is 3.31. The Hall–Kier alpha value is -3.97. The van der Waals surface area contributed by atoms with Gasteiger partial charge in [-0.25, -0.2) is 4.98 Å². The molecule has 0 bridgehead atoms. The first-order valence-electron chi connectivity index (χ1n) is 11.0. The van der Waals surface area contributed by atoms with Gasteiger partial charge in [0.25, 0.3) is 5.91 Å². The second kappa shape index (κ2) is 10.1. The Morgan fingerprint density at radius 3 is 2.51 bits per heavy atom. The van der Waals surface area contributed by atoms with Crippen LogP contribution in [0.25, 0.3) is 26.9 Å². The van der Waals surface area contributed by atoms with E-state index in [-0.39, 0.29) is 18.0 Å². The third-order valence-corrected chi connectivity index (χ3v) is 6.86. The lowest BCUT2D eigenvalue weighted by molar-refractivity contribution is 0.0902. The molecule has 2 heterocycles. The molecule has 2 aromatic heterocycles. The van der Waals surface area contributed by atoms with Crippen molar-refractivity contribution in [3.63, 3.8) is 0 Å². The van der Waals surface area contributed by atoms with Crippen LogP contribution in [-0.4, -0.2) is 37.4 Å². The number of carbonyl (C=O) groups excluding carboxylic acids is 2. The van der Waals surface area contributed by atoms with Crippen molar-refractivity contribution >= 4 is 38.7 Å². The lowest BCUT2D eigenvalue weighted by atomic mass is 10.0. The number of rotatable bonds is 8. The molecule has 7 heteroatoms. The Morgan fingerprint density at radius 2 is 1.80 bits per heavy atom. The number of benzene rings is 2. The third kappa shape index (κ3) is 4.95. The van der Waals surface area contributed by atoms with Gasteiger partial charge in [-0.3, -0.25) is 9.59 Å². The Balaban J connectivity index is 1.60. The molecule has 0 aliphatic heterocycles. The van der Waals surface area contributed by atoms with Crippen LogP contribution in [0.5, 0.6) is 11.5 Å². The largest absolute Gasteiger partial charge is 0.493 e. The molecule has 0 saturated heterocycles. The van der Waals surface area contributed by atoms with E-state index in [2.05, 4.69) is 41.3 Å². The molecule has 0 aliphatic rings. The number of thiophene rings is 1. The van der Waals surface area contributed by atoms with Gasteiger partial charge >= 0.3 is 0 Å². The molecule has 0 spiro atoms. The lowest BCUT2D eigenvalue weighted by Crippen LogP contribution is -2.30. The van der Waals surface area contributed by atoms with Gasteiger partial charge in [0, 0.05) is 26.6 Å². The van der Waals surface area contributed by atoms with E-state index < -0.39 is 5.91 Å². The maximum Gasteiger partial charge on any atom is 0.251 e. The first-order chi connectivity index (χ1) is 16.8. The summed E-state index contributed by atoms with van der Waals surface area (Å²) in [6.45, 7) is 7.82. The quantitative estimate of drug-likeness (QED) is 0.312. The molecule has 1 N–H and O–H groups in total. The number of amides is 1. The highest BCUT2D eigenvalue weighted by molar-refractivity contribution is 7.18. The van der Waals surface area contributed by atoms with E-state index in [1.54, 1.807) is 35.6 Å². The SMILES string of the molecule is C=C(C)c1cc(C(=O)CNC(=O)c2ccc(OC)c(OC)c2)nc(-c2csc3c(C)cccc23)c1. The predicted molar refractivity (Wildman–Crippen MR) is 141 cm³/mol. The average molecular weight is 487 g/mol. The van der Waals surface area contributed by atoms with Gasteiger partial charge in [0.05, 0.1) is 26.5 Å². The van der Waals surface area contributed by atoms with E-state index >= 15 is 0 Å². The van der Waals surface area contributed by atoms with Crippen LogP contribution in [0.15, 0.2) is 60.5 Å². The highest BCUT2D eigenvalue weighted by Crippen LogP contribution is 2.36. The van der Waals surface area contributed by atoms with Crippen LogP contribution in [0.1, 0.15) is 38.9 Å². The molecule has 0 radical (unpaired) electrons. The van der Waals surface area contributed by atoms with Gasteiger partial charge in [-0.15, -0.1) is 11.3 Å². The van der Waals surface area contributed by atoms with E-state index in [0.29, 0.717) is 22.8 Å². The normalized spacial score (nSPS) is 10.7. The molecular weight excluding hydrogens is 460 g/mol. The summed E-state index contributed by atoms with van der Waals surface area (Å²) in [5, 5.41) is 5.84. The lowest BCUT2D eigenvalue weighted by Gasteiger charge is -2.11. The van der Waals surface area contributed by atoms with Crippen molar-refractivity contribution in [3.8, 4) is 22.8 Å². The van der Waals surface area contributed by atoms with Crippen molar-refractivity contribution in [2.75, 3.05) is 20.8 Å². The Kier molecular flexibility index (Phi) is 6.98. The molecule has 0 aliphatic carbocycles. The summed E-state index contributed by atoms with van der Waals surface area (Å²) in [6, 6.07) is 14.7. The zero-order valence-electron chi connectivity index (χ0n) is 20.1. The zero-order valence-corrected chi connectivity index (χ0v) is 20.9. The molecular formula is C28H26N2O4S. The van der Waals surface area contributed by atoms with Gasteiger partial charge in [0.1, 0.15) is 5.69 Å². The fourth-order valence-electron chi connectivity index (χ4n) is 3.79. The first-order valence-corrected chi connectivity index (χ1v) is 11.9. The maximum atomic E-state index is 13.1. The highest BCUT2D eigenvalue weighted by atomic mass is 32.1. The maximum absolute atomic E-state index is 13.1. The molecule has 6 nitrogen and oxygen atoms in total. The van der Waals surface area contributed by atoms with Crippen molar-refractivity contribution < 1.29 is 19.1 Å². The van der Waals surface area contributed by atoms with E-state index in [0.717, 1.165) is 22.1 Å². The fraction of sp³-hybridized carbons (Fsp3) is 0.179.